The summed E-state index contributed by atoms with van der Waals surface area (Å²) < 4.78 is 5.97. The van der Waals surface area contributed by atoms with E-state index in [-0.39, 0.29) is 16.6 Å². The van der Waals surface area contributed by atoms with Gasteiger partial charge in [-0.3, -0.25) is 0 Å². The molecule has 0 spiro atoms. The van der Waals surface area contributed by atoms with E-state index in [1.165, 1.54) is 0 Å². The van der Waals surface area contributed by atoms with Gasteiger partial charge in [-0.05, 0) is 40.7 Å². The normalized spacial score (nSPS) is 11.8. The number of phenols is 1. The van der Waals surface area contributed by atoms with Crippen LogP contribution >= 0.6 is 0 Å². The van der Waals surface area contributed by atoms with Gasteiger partial charge in [-0.2, -0.15) is 0 Å². The summed E-state index contributed by atoms with van der Waals surface area (Å²) in [6, 6.07) is 27.0. The molecule has 5 rings (SSSR count). The first-order valence-corrected chi connectivity index (χ1v) is 13.4. The molecule has 3 aromatic carbocycles. The lowest BCUT2D eigenvalue weighted by molar-refractivity contribution is 0.446. The van der Waals surface area contributed by atoms with Crippen molar-refractivity contribution in [1.82, 2.24) is 19.9 Å². The van der Waals surface area contributed by atoms with Crippen LogP contribution < -0.4 is 4.74 Å². The molecule has 0 saturated heterocycles. The van der Waals surface area contributed by atoms with Gasteiger partial charge in [-0.15, -0.1) is 0 Å². The molecule has 202 valence electrons. The zero-order chi connectivity index (χ0) is 28.5. The fourth-order valence-corrected chi connectivity index (χ4v) is 4.38. The lowest BCUT2D eigenvalue weighted by Gasteiger charge is -2.27. The van der Waals surface area contributed by atoms with Crippen LogP contribution in [-0.4, -0.2) is 25.0 Å². The van der Waals surface area contributed by atoms with Gasteiger partial charge in [0.25, 0.3) is 0 Å². The Morgan fingerprint density at radius 2 is 1.27 bits per heavy atom. The zero-order valence-electron chi connectivity index (χ0n) is 23.8. The fourth-order valence-electron chi connectivity index (χ4n) is 4.38. The van der Waals surface area contributed by atoms with Crippen molar-refractivity contribution >= 4 is 0 Å². The van der Waals surface area contributed by atoms with E-state index in [0.717, 1.165) is 22.3 Å². The summed E-state index contributed by atoms with van der Waals surface area (Å²) in [5.41, 5.74) is 3.72. The Labute approximate surface area is 235 Å². The number of benzene rings is 3. The minimum Gasteiger partial charge on any atom is -0.507 e. The average molecular weight is 531 g/mol. The Bertz CT molecular complexity index is 1640. The lowest BCUT2D eigenvalue weighted by Crippen LogP contribution is -2.17. The third kappa shape index (κ3) is 5.86. The summed E-state index contributed by atoms with van der Waals surface area (Å²) in [4.78, 5) is 18.9. The van der Waals surface area contributed by atoms with Crippen molar-refractivity contribution in [1.29, 1.82) is 0 Å². The fraction of sp³-hybridized carbons (Fsp3) is 0.235. The standard InChI is InChI=1S/C34H34N4O2/c1-33(2,3)24-20-26(29(39)27(21-24)34(4,5)6)32-37-30(22-13-8-7-9-14-22)36-31(38-32)23-15-12-16-25(19-23)40-28-17-10-11-18-35-28/h7-21,39H,1-6H3. The van der Waals surface area contributed by atoms with Crippen LogP contribution in [0.5, 0.6) is 17.4 Å². The minimum absolute atomic E-state index is 0.141. The zero-order valence-corrected chi connectivity index (χ0v) is 23.8. The molecular weight excluding hydrogens is 496 g/mol. The molecule has 0 fully saturated rings. The van der Waals surface area contributed by atoms with Crippen molar-refractivity contribution in [2.45, 2.75) is 52.4 Å². The van der Waals surface area contributed by atoms with Crippen LogP contribution in [0.25, 0.3) is 34.2 Å². The molecule has 0 aliphatic heterocycles. The second-order valence-corrected chi connectivity index (χ2v) is 11.9. The van der Waals surface area contributed by atoms with Gasteiger partial charge in [-0.1, -0.05) is 96.1 Å². The van der Waals surface area contributed by atoms with Crippen molar-refractivity contribution in [2.24, 2.45) is 0 Å². The maximum atomic E-state index is 11.6. The molecule has 0 radical (unpaired) electrons. The van der Waals surface area contributed by atoms with Gasteiger partial charge < -0.3 is 9.84 Å². The van der Waals surface area contributed by atoms with Crippen LogP contribution in [0.4, 0.5) is 0 Å². The summed E-state index contributed by atoms with van der Waals surface area (Å²) in [6.07, 6.45) is 1.69. The molecule has 0 unspecified atom stereocenters. The Balaban J connectivity index is 1.71. The summed E-state index contributed by atoms with van der Waals surface area (Å²) in [5.74, 6) is 2.72. The number of aromatic nitrogens is 4. The van der Waals surface area contributed by atoms with E-state index in [0.29, 0.717) is 34.7 Å². The van der Waals surface area contributed by atoms with Gasteiger partial charge in [0, 0.05) is 29.0 Å². The summed E-state index contributed by atoms with van der Waals surface area (Å²) in [7, 11) is 0. The predicted octanol–water partition coefficient (Wildman–Crippen LogP) is 8.36. The van der Waals surface area contributed by atoms with Crippen LogP contribution in [0.2, 0.25) is 0 Å². The monoisotopic (exact) mass is 530 g/mol. The van der Waals surface area contributed by atoms with Crippen LogP contribution in [0, 0.1) is 0 Å². The highest BCUT2D eigenvalue weighted by molar-refractivity contribution is 5.73. The Morgan fingerprint density at radius 3 is 1.93 bits per heavy atom. The molecule has 40 heavy (non-hydrogen) atoms. The van der Waals surface area contributed by atoms with Gasteiger partial charge in [0.05, 0.1) is 5.56 Å². The van der Waals surface area contributed by atoms with Gasteiger partial charge >= 0.3 is 0 Å². The molecule has 0 atom stereocenters. The molecular formula is C34H34N4O2. The topological polar surface area (TPSA) is 81.0 Å². The Hall–Kier alpha value is -4.58. The van der Waals surface area contributed by atoms with Crippen molar-refractivity contribution in [3.63, 3.8) is 0 Å². The summed E-state index contributed by atoms with van der Waals surface area (Å²) in [5, 5.41) is 11.6. The first-order valence-electron chi connectivity index (χ1n) is 13.4. The first kappa shape index (κ1) is 27.0. The molecule has 0 saturated carbocycles. The van der Waals surface area contributed by atoms with Crippen LogP contribution in [0.3, 0.4) is 0 Å². The number of phenolic OH excluding ortho intramolecular Hbond substituents is 1. The second kappa shape index (κ2) is 10.5. The number of hydrogen-bond donors (Lipinski definition) is 1. The van der Waals surface area contributed by atoms with Gasteiger partial charge in [0.15, 0.2) is 17.5 Å². The maximum Gasteiger partial charge on any atom is 0.219 e. The third-order valence-corrected chi connectivity index (χ3v) is 6.64. The molecule has 0 aliphatic carbocycles. The molecule has 1 N–H and O–H groups in total. The van der Waals surface area contributed by atoms with Gasteiger partial charge in [0.2, 0.25) is 5.88 Å². The molecule has 6 heteroatoms. The predicted molar refractivity (Wildman–Crippen MR) is 160 cm³/mol. The van der Waals surface area contributed by atoms with Crippen molar-refractivity contribution in [3.05, 3.63) is 102 Å². The van der Waals surface area contributed by atoms with Crippen molar-refractivity contribution in [2.75, 3.05) is 0 Å². The van der Waals surface area contributed by atoms with E-state index < -0.39 is 0 Å². The quantitative estimate of drug-likeness (QED) is 0.246. The number of ether oxygens (including phenoxy) is 1. The number of pyridine rings is 1. The first-order chi connectivity index (χ1) is 19.0. The molecule has 2 heterocycles. The number of nitrogens with zero attached hydrogens (tertiary/aromatic N) is 4. The second-order valence-electron chi connectivity index (χ2n) is 11.9. The van der Waals surface area contributed by atoms with E-state index in [1.54, 1.807) is 12.3 Å². The highest BCUT2D eigenvalue weighted by atomic mass is 16.5. The van der Waals surface area contributed by atoms with Gasteiger partial charge in [-0.25, -0.2) is 19.9 Å². The van der Waals surface area contributed by atoms with E-state index in [2.05, 4.69) is 52.6 Å². The largest absolute Gasteiger partial charge is 0.507 e. The summed E-state index contributed by atoms with van der Waals surface area (Å²) >= 11 is 0. The molecule has 0 bridgehead atoms. The third-order valence-electron chi connectivity index (χ3n) is 6.64. The molecule has 6 nitrogen and oxygen atoms in total. The van der Waals surface area contributed by atoms with Crippen LogP contribution in [0.1, 0.15) is 52.7 Å². The molecule has 0 amide bonds. The summed E-state index contributed by atoms with van der Waals surface area (Å²) in [6.45, 7) is 12.8. The molecule has 2 aromatic heterocycles. The Morgan fingerprint density at radius 1 is 0.625 bits per heavy atom. The average Bonchev–Trinajstić information content (AvgIpc) is 2.93. The van der Waals surface area contributed by atoms with Crippen LogP contribution in [-0.2, 0) is 10.8 Å². The number of rotatable bonds is 5. The maximum absolute atomic E-state index is 11.6. The van der Waals surface area contributed by atoms with E-state index in [1.807, 2.05) is 72.8 Å². The highest BCUT2D eigenvalue weighted by Gasteiger charge is 2.27. The van der Waals surface area contributed by atoms with Crippen LogP contribution in [0.15, 0.2) is 91.1 Å². The highest BCUT2D eigenvalue weighted by Crippen LogP contribution is 2.41. The van der Waals surface area contributed by atoms with Crippen molar-refractivity contribution in [3.8, 4) is 51.5 Å². The molecule has 0 aliphatic rings. The Kier molecular flexibility index (Phi) is 7.11. The smallest absolute Gasteiger partial charge is 0.219 e. The number of hydrogen-bond acceptors (Lipinski definition) is 6. The van der Waals surface area contributed by atoms with E-state index >= 15 is 0 Å². The van der Waals surface area contributed by atoms with Crippen molar-refractivity contribution < 1.29 is 9.84 Å². The lowest BCUT2D eigenvalue weighted by atomic mass is 9.79. The minimum atomic E-state index is -0.282. The number of aromatic hydroxyl groups is 1. The van der Waals surface area contributed by atoms with E-state index in [4.69, 9.17) is 19.7 Å². The SMILES string of the molecule is CC(C)(C)c1cc(-c2nc(-c3ccccc3)nc(-c3cccc(Oc4ccccn4)c3)n2)c(O)c(C(C)(C)C)c1. The van der Waals surface area contributed by atoms with Gasteiger partial charge in [0.1, 0.15) is 11.5 Å². The van der Waals surface area contributed by atoms with E-state index in [9.17, 15) is 5.11 Å². The molecule has 5 aromatic rings.